The zero-order valence-electron chi connectivity index (χ0n) is 19.6. The molecule has 1 heterocycles. The van der Waals surface area contributed by atoms with Crippen LogP contribution in [0.4, 0.5) is 4.39 Å². The third kappa shape index (κ3) is 5.36. The van der Waals surface area contributed by atoms with Crippen LogP contribution in [0.3, 0.4) is 0 Å². The Hall–Kier alpha value is -2.91. The number of ether oxygens (including phenoxy) is 2. The fourth-order valence-corrected chi connectivity index (χ4v) is 4.60. The Kier molecular flexibility index (Phi) is 7.61. The molecule has 0 bridgehead atoms. The van der Waals surface area contributed by atoms with Gasteiger partial charge in [0.1, 0.15) is 18.2 Å². The quantitative estimate of drug-likeness (QED) is 0.327. The second-order valence-corrected chi connectivity index (χ2v) is 8.87. The molecule has 4 rings (SSSR count). The molecule has 0 radical (unpaired) electrons. The van der Waals surface area contributed by atoms with Gasteiger partial charge in [-0.3, -0.25) is 0 Å². The summed E-state index contributed by atoms with van der Waals surface area (Å²) in [5, 5.41) is 0. The Labute approximate surface area is 197 Å². The molecule has 1 aliphatic heterocycles. The van der Waals surface area contributed by atoms with E-state index in [1.165, 1.54) is 24.8 Å². The highest BCUT2D eigenvalue weighted by molar-refractivity contribution is 5.72. The van der Waals surface area contributed by atoms with E-state index in [2.05, 4.69) is 49.9 Å². The van der Waals surface area contributed by atoms with E-state index in [1.807, 2.05) is 18.2 Å². The van der Waals surface area contributed by atoms with Gasteiger partial charge >= 0.3 is 0 Å². The van der Waals surface area contributed by atoms with Crippen molar-refractivity contribution < 1.29 is 13.9 Å². The Morgan fingerprint density at radius 2 is 1.64 bits per heavy atom. The minimum atomic E-state index is -0.246. The molecule has 2 unspecified atom stereocenters. The van der Waals surface area contributed by atoms with Crippen LogP contribution in [0.15, 0.2) is 73.3 Å². The number of hydrogen-bond donors (Lipinski definition) is 0. The van der Waals surface area contributed by atoms with Crippen molar-refractivity contribution in [1.82, 2.24) is 0 Å². The van der Waals surface area contributed by atoms with Crippen LogP contribution in [-0.4, -0.2) is 19.3 Å². The van der Waals surface area contributed by atoms with Gasteiger partial charge in [0.25, 0.3) is 0 Å². The summed E-state index contributed by atoms with van der Waals surface area (Å²) in [5.74, 6) is 0.792. The predicted octanol–water partition coefficient (Wildman–Crippen LogP) is 8.10. The Morgan fingerprint density at radius 3 is 2.24 bits per heavy atom. The molecule has 1 saturated heterocycles. The molecule has 1 fully saturated rings. The van der Waals surface area contributed by atoms with Gasteiger partial charge in [-0.05, 0) is 60.6 Å². The molecule has 33 heavy (non-hydrogen) atoms. The lowest BCUT2D eigenvalue weighted by molar-refractivity contribution is -0.00111. The summed E-state index contributed by atoms with van der Waals surface area (Å²) in [6.45, 7) is 8.78. The highest BCUT2D eigenvalue weighted by atomic mass is 19.1. The Morgan fingerprint density at radius 1 is 0.970 bits per heavy atom. The van der Waals surface area contributed by atoms with Crippen molar-refractivity contribution in [3.8, 4) is 28.0 Å². The van der Waals surface area contributed by atoms with E-state index >= 15 is 0 Å². The predicted molar refractivity (Wildman–Crippen MR) is 134 cm³/mol. The molecular weight excluding hydrogens is 411 g/mol. The van der Waals surface area contributed by atoms with Crippen LogP contribution in [0.5, 0.6) is 5.75 Å². The standard InChI is InChI=1S/C30H33FO2/c1-4-6-27-16-15-26(20-33-27)24-9-7-22(8-10-24)23-11-13-25(14-12-23)28-17-18-29(32-19-5-2)21(3)30(28)31/h5,7-14,17-18,26-27H,2,4,6,15-16,19-20H2,1,3H3. The maximum Gasteiger partial charge on any atom is 0.137 e. The summed E-state index contributed by atoms with van der Waals surface area (Å²) in [7, 11) is 0. The van der Waals surface area contributed by atoms with Crippen LogP contribution in [0.25, 0.3) is 22.3 Å². The SMILES string of the molecule is C=CCOc1ccc(-c2ccc(-c3ccc(C4CCC(CCC)OC4)cc3)cc2)c(F)c1C. The highest BCUT2D eigenvalue weighted by Gasteiger charge is 2.22. The summed E-state index contributed by atoms with van der Waals surface area (Å²) in [6.07, 6.45) is 6.79. The molecule has 0 amide bonds. The second kappa shape index (κ2) is 10.8. The van der Waals surface area contributed by atoms with Gasteiger partial charge < -0.3 is 9.47 Å². The summed E-state index contributed by atoms with van der Waals surface area (Å²) in [5.41, 5.74) is 5.58. The molecule has 3 heteroatoms. The fourth-order valence-electron chi connectivity index (χ4n) is 4.60. The summed E-state index contributed by atoms with van der Waals surface area (Å²) in [4.78, 5) is 0. The van der Waals surface area contributed by atoms with Gasteiger partial charge in [0.15, 0.2) is 0 Å². The molecule has 3 aromatic carbocycles. The first-order chi connectivity index (χ1) is 16.1. The van der Waals surface area contributed by atoms with Crippen molar-refractivity contribution in [3.05, 3.63) is 90.3 Å². The molecule has 0 N–H and O–H groups in total. The Balaban J connectivity index is 1.45. The normalized spacial score (nSPS) is 18.2. The van der Waals surface area contributed by atoms with Gasteiger partial charge in [-0.25, -0.2) is 4.39 Å². The van der Waals surface area contributed by atoms with Crippen LogP contribution in [0, 0.1) is 12.7 Å². The van der Waals surface area contributed by atoms with Crippen molar-refractivity contribution in [1.29, 1.82) is 0 Å². The number of benzene rings is 3. The van der Waals surface area contributed by atoms with Crippen LogP contribution >= 0.6 is 0 Å². The fraction of sp³-hybridized carbons (Fsp3) is 0.333. The zero-order valence-corrected chi connectivity index (χ0v) is 19.6. The van der Waals surface area contributed by atoms with Crippen LogP contribution in [0.1, 0.15) is 49.7 Å². The first-order valence-corrected chi connectivity index (χ1v) is 12.0. The lowest BCUT2D eigenvalue weighted by Gasteiger charge is -2.29. The van der Waals surface area contributed by atoms with Crippen molar-refractivity contribution in [2.75, 3.05) is 13.2 Å². The topological polar surface area (TPSA) is 18.5 Å². The van der Waals surface area contributed by atoms with E-state index in [0.29, 0.717) is 35.5 Å². The number of hydrogen-bond acceptors (Lipinski definition) is 2. The van der Waals surface area contributed by atoms with Gasteiger partial charge in [-0.1, -0.05) is 74.5 Å². The van der Waals surface area contributed by atoms with Crippen LogP contribution in [0.2, 0.25) is 0 Å². The smallest absolute Gasteiger partial charge is 0.137 e. The molecule has 2 nitrogen and oxygen atoms in total. The van der Waals surface area contributed by atoms with Crippen molar-refractivity contribution >= 4 is 0 Å². The molecule has 3 aromatic rings. The first kappa shape index (κ1) is 23.3. The average molecular weight is 445 g/mol. The van der Waals surface area contributed by atoms with E-state index in [1.54, 1.807) is 19.1 Å². The monoisotopic (exact) mass is 444 g/mol. The van der Waals surface area contributed by atoms with Crippen LogP contribution in [-0.2, 0) is 4.74 Å². The van der Waals surface area contributed by atoms with E-state index in [0.717, 1.165) is 29.7 Å². The lowest BCUT2D eigenvalue weighted by Crippen LogP contribution is -2.24. The zero-order chi connectivity index (χ0) is 23.2. The molecule has 0 aliphatic carbocycles. The second-order valence-electron chi connectivity index (χ2n) is 8.87. The minimum Gasteiger partial charge on any atom is -0.489 e. The van der Waals surface area contributed by atoms with Gasteiger partial charge in [0, 0.05) is 17.0 Å². The molecule has 1 aliphatic rings. The van der Waals surface area contributed by atoms with E-state index in [-0.39, 0.29) is 5.82 Å². The van der Waals surface area contributed by atoms with Gasteiger partial charge in [0.2, 0.25) is 0 Å². The highest BCUT2D eigenvalue weighted by Crippen LogP contribution is 2.33. The maximum absolute atomic E-state index is 15.0. The maximum atomic E-state index is 15.0. The molecule has 2 atom stereocenters. The third-order valence-electron chi connectivity index (χ3n) is 6.59. The van der Waals surface area contributed by atoms with E-state index in [4.69, 9.17) is 9.47 Å². The molecule has 172 valence electrons. The lowest BCUT2D eigenvalue weighted by atomic mass is 9.89. The van der Waals surface area contributed by atoms with Gasteiger partial charge in [-0.15, -0.1) is 0 Å². The average Bonchev–Trinajstić information content (AvgIpc) is 2.86. The number of halogens is 1. The van der Waals surface area contributed by atoms with Gasteiger partial charge in [0.05, 0.1) is 12.7 Å². The minimum absolute atomic E-state index is 0.246. The Bertz CT molecular complexity index is 1060. The largest absolute Gasteiger partial charge is 0.489 e. The number of rotatable bonds is 8. The first-order valence-electron chi connectivity index (χ1n) is 12.0. The molecular formula is C30H33FO2. The summed E-state index contributed by atoms with van der Waals surface area (Å²) in [6, 6.07) is 20.5. The van der Waals surface area contributed by atoms with E-state index < -0.39 is 0 Å². The van der Waals surface area contributed by atoms with Crippen LogP contribution < -0.4 is 4.74 Å². The van der Waals surface area contributed by atoms with Crippen molar-refractivity contribution in [2.24, 2.45) is 0 Å². The van der Waals surface area contributed by atoms with Gasteiger partial charge in [-0.2, -0.15) is 0 Å². The summed E-state index contributed by atoms with van der Waals surface area (Å²) < 4.78 is 26.6. The summed E-state index contributed by atoms with van der Waals surface area (Å²) >= 11 is 0. The van der Waals surface area contributed by atoms with Crippen molar-refractivity contribution in [2.45, 2.75) is 51.6 Å². The third-order valence-corrected chi connectivity index (χ3v) is 6.59. The molecule has 0 saturated carbocycles. The van der Waals surface area contributed by atoms with Crippen molar-refractivity contribution in [3.63, 3.8) is 0 Å². The van der Waals surface area contributed by atoms with E-state index in [9.17, 15) is 4.39 Å². The molecule has 0 aromatic heterocycles. The molecule has 0 spiro atoms.